The third kappa shape index (κ3) is 3.89. The van der Waals surface area contributed by atoms with Gasteiger partial charge in [0.25, 0.3) is 12.1 Å². The average molecular weight is 370 g/mol. The fourth-order valence-electron chi connectivity index (χ4n) is 2.01. The van der Waals surface area contributed by atoms with E-state index in [9.17, 15) is 23.7 Å². The van der Waals surface area contributed by atoms with Crippen molar-refractivity contribution >= 4 is 28.9 Å². The van der Waals surface area contributed by atoms with Crippen molar-refractivity contribution < 1.29 is 18.5 Å². The van der Waals surface area contributed by atoms with Gasteiger partial charge in [-0.3, -0.25) is 19.6 Å². The number of hydrogen-bond acceptors (Lipinski definition) is 5. The minimum atomic E-state index is -2.88. The van der Waals surface area contributed by atoms with Crippen LogP contribution in [0.1, 0.15) is 23.4 Å². The third-order valence-corrected chi connectivity index (χ3v) is 3.73. The van der Waals surface area contributed by atoms with Gasteiger partial charge in [-0.15, -0.1) is 0 Å². The molecule has 1 N–H and O–H groups in total. The topological polar surface area (TPSA) is 114 Å². The Labute approximate surface area is 144 Å². The summed E-state index contributed by atoms with van der Waals surface area (Å²) in [5, 5.41) is 25.5. The smallest absolute Gasteiger partial charge is 0.283 e. The summed E-state index contributed by atoms with van der Waals surface area (Å²) in [4.78, 5) is 22.1. The molecule has 0 bridgehead atoms. The number of aromatic nitrogens is 2. The molecule has 1 aromatic heterocycles. The number of carbonyl (C=O) groups is 1. The molecule has 2 aromatic rings. The number of anilines is 1. The zero-order valence-electron chi connectivity index (χ0n) is 12.7. The van der Waals surface area contributed by atoms with Gasteiger partial charge in [-0.1, -0.05) is 11.6 Å². The summed E-state index contributed by atoms with van der Waals surface area (Å²) in [6.07, 6.45) is -2.88. The van der Waals surface area contributed by atoms with Crippen LogP contribution < -0.4 is 5.32 Å². The highest BCUT2D eigenvalue weighted by atomic mass is 35.5. The fourth-order valence-corrected chi connectivity index (χ4v) is 2.23. The Morgan fingerprint density at radius 3 is 2.76 bits per heavy atom. The quantitative estimate of drug-likeness (QED) is 0.642. The summed E-state index contributed by atoms with van der Waals surface area (Å²) in [7, 11) is 0. The molecule has 25 heavy (non-hydrogen) atoms. The highest BCUT2D eigenvalue weighted by Gasteiger charge is 2.22. The van der Waals surface area contributed by atoms with Crippen molar-refractivity contribution in [3.05, 3.63) is 50.3 Å². The molecule has 1 aromatic carbocycles. The van der Waals surface area contributed by atoms with Crippen LogP contribution in [0, 0.1) is 28.4 Å². The summed E-state index contributed by atoms with van der Waals surface area (Å²) >= 11 is 5.75. The van der Waals surface area contributed by atoms with Crippen molar-refractivity contribution in [2.45, 2.75) is 19.9 Å². The zero-order chi connectivity index (χ0) is 18.7. The SMILES string of the molecule is Cc1c(Cl)c(C(F)F)nn1CC(=O)Nc1ccc([N+](=O)[O-])cc1C#N. The van der Waals surface area contributed by atoms with E-state index in [1.165, 1.54) is 13.0 Å². The molecular formula is C14H10ClF2N5O3. The lowest BCUT2D eigenvalue weighted by molar-refractivity contribution is -0.384. The Balaban J connectivity index is 2.20. The van der Waals surface area contributed by atoms with E-state index in [-0.39, 0.29) is 27.7 Å². The van der Waals surface area contributed by atoms with Gasteiger partial charge in [0.15, 0.2) is 0 Å². The number of carbonyl (C=O) groups excluding carboxylic acids is 1. The highest BCUT2D eigenvalue weighted by Crippen LogP contribution is 2.28. The van der Waals surface area contributed by atoms with Gasteiger partial charge < -0.3 is 5.32 Å². The molecule has 0 saturated heterocycles. The number of nitro groups is 1. The van der Waals surface area contributed by atoms with Gasteiger partial charge in [0.1, 0.15) is 18.3 Å². The van der Waals surface area contributed by atoms with Crippen LogP contribution in [0.3, 0.4) is 0 Å². The third-order valence-electron chi connectivity index (χ3n) is 3.27. The normalized spacial score (nSPS) is 10.6. The molecule has 1 amide bonds. The molecule has 2 rings (SSSR count). The van der Waals surface area contributed by atoms with Crippen molar-refractivity contribution in [3.8, 4) is 6.07 Å². The lowest BCUT2D eigenvalue weighted by atomic mass is 10.1. The number of hydrogen-bond donors (Lipinski definition) is 1. The number of amides is 1. The van der Waals surface area contributed by atoms with Crippen molar-refractivity contribution in [2.24, 2.45) is 0 Å². The summed E-state index contributed by atoms with van der Waals surface area (Å²) in [6.45, 7) is 1.02. The molecular weight excluding hydrogens is 360 g/mol. The minimum Gasteiger partial charge on any atom is -0.323 e. The van der Waals surface area contributed by atoms with E-state index < -0.39 is 29.5 Å². The summed E-state index contributed by atoms with van der Waals surface area (Å²) < 4.78 is 26.5. The maximum atomic E-state index is 12.8. The molecule has 0 aliphatic carbocycles. The molecule has 0 aliphatic heterocycles. The van der Waals surface area contributed by atoms with E-state index in [1.807, 2.05) is 0 Å². The molecule has 0 radical (unpaired) electrons. The van der Waals surface area contributed by atoms with E-state index in [2.05, 4.69) is 10.4 Å². The minimum absolute atomic E-state index is 0.0584. The molecule has 0 unspecified atom stereocenters. The van der Waals surface area contributed by atoms with Gasteiger partial charge in [0, 0.05) is 12.1 Å². The Kier molecular flexibility index (Phi) is 5.29. The zero-order valence-corrected chi connectivity index (χ0v) is 13.4. The first-order valence-electron chi connectivity index (χ1n) is 6.74. The van der Waals surface area contributed by atoms with Crippen LogP contribution in [0.5, 0.6) is 0 Å². The van der Waals surface area contributed by atoms with Gasteiger partial charge in [-0.2, -0.15) is 10.4 Å². The monoisotopic (exact) mass is 369 g/mol. The molecule has 130 valence electrons. The number of non-ortho nitro benzene ring substituents is 1. The number of halogens is 3. The van der Waals surface area contributed by atoms with Crippen molar-refractivity contribution in [1.82, 2.24) is 9.78 Å². The predicted octanol–water partition coefficient (Wildman–Crippen LogP) is 3.20. The molecule has 0 fully saturated rings. The number of nitrogens with zero attached hydrogens (tertiary/aromatic N) is 4. The van der Waals surface area contributed by atoms with Crippen LogP contribution in [0.25, 0.3) is 0 Å². The second-order valence-electron chi connectivity index (χ2n) is 4.89. The standard InChI is InChI=1S/C14H10ClF2N5O3/c1-7-12(15)13(14(16)17)20-21(7)6-11(23)19-10-3-2-9(22(24)25)4-8(10)5-18/h2-4,14H,6H2,1H3,(H,19,23). The van der Waals surface area contributed by atoms with Crippen LogP contribution in [-0.4, -0.2) is 20.6 Å². The van der Waals surface area contributed by atoms with Gasteiger partial charge in [0.05, 0.1) is 26.9 Å². The maximum absolute atomic E-state index is 12.8. The number of nitrogens with one attached hydrogen (secondary N) is 1. The summed E-state index contributed by atoms with van der Waals surface area (Å²) in [5.74, 6) is -0.659. The van der Waals surface area contributed by atoms with Crippen LogP contribution in [0.2, 0.25) is 5.02 Å². The van der Waals surface area contributed by atoms with Gasteiger partial charge in [-0.05, 0) is 13.0 Å². The van der Waals surface area contributed by atoms with Gasteiger partial charge in [-0.25, -0.2) is 8.78 Å². The van der Waals surface area contributed by atoms with Crippen molar-refractivity contribution in [1.29, 1.82) is 5.26 Å². The van der Waals surface area contributed by atoms with Crippen molar-refractivity contribution in [3.63, 3.8) is 0 Å². The van der Waals surface area contributed by atoms with E-state index in [1.54, 1.807) is 6.07 Å². The van der Waals surface area contributed by atoms with Gasteiger partial charge >= 0.3 is 0 Å². The van der Waals surface area contributed by atoms with E-state index in [0.717, 1.165) is 16.8 Å². The number of nitriles is 1. The molecule has 0 saturated carbocycles. The molecule has 0 aliphatic rings. The number of rotatable bonds is 5. The lowest BCUT2D eigenvalue weighted by Gasteiger charge is -2.08. The fraction of sp³-hybridized carbons (Fsp3) is 0.214. The van der Waals surface area contributed by atoms with Crippen LogP contribution in [0.15, 0.2) is 18.2 Å². The van der Waals surface area contributed by atoms with E-state index >= 15 is 0 Å². The molecule has 0 spiro atoms. The predicted molar refractivity (Wildman–Crippen MR) is 83.4 cm³/mol. The highest BCUT2D eigenvalue weighted by molar-refractivity contribution is 6.31. The van der Waals surface area contributed by atoms with Gasteiger partial charge in [0.2, 0.25) is 5.91 Å². The average Bonchev–Trinajstić information content (AvgIpc) is 2.83. The maximum Gasteiger partial charge on any atom is 0.283 e. The molecule has 0 atom stereocenters. The molecule has 11 heteroatoms. The first kappa shape index (κ1) is 18.3. The van der Waals surface area contributed by atoms with Crippen molar-refractivity contribution in [2.75, 3.05) is 5.32 Å². The Hall–Kier alpha value is -3.06. The Bertz CT molecular complexity index is 891. The molecule has 8 nitrogen and oxygen atoms in total. The Morgan fingerprint density at radius 1 is 1.56 bits per heavy atom. The number of nitro benzene ring substituents is 1. The van der Waals surface area contributed by atoms with Crippen LogP contribution in [0.4, 0.5) is 20.2 Å². The first-order chi connectivity index (χ1) is 11.7. The lowest BCUT2D eigenvalue weighted by Crippen LogP contribution is -2.21. The second kappa shape index (κ2) is 7.23. The summed E-state index contributed by atoms with van der Waals surface area (Å²) in [6, 6.07) is 5.09. The summed E-state index contributed by atoms with van der Waals surface area (Å²) in [5.41, 5.74) is -0.781. The van der Waals surface area contributed by atoms with Crippen LogP contribution in [-0.2, 0) is 11.3 Å². The Morgan fingerprint density at radius 2 is 2.24 bits per heavy atom. The molecule has 1 heterocycles. The van der Waals surface area contributed by atoms with E-state index in [4.69, 9.17) is 16.9 Å². The first-order valence-corrected chi connectivity index (χ1v) is 7.11. The number of alkyl halides is 2. The van der Waals surface area contributed by atoms with E-state index in [0.29, 0.717) is 0 Å². The second-order valence-corrected chi connectivity index (χ2v) is 5.27. The number of benzene rings is 1. The largest absolute Gasteiger partial charge is 0.323 e. The van der Waals surface area contributed by atoms with Crippen LogP contribution >= 0.6 is 11.6 Å².